The van der Waals surface area contributed by atoms with Gasteiger partial charge in [0.05, 0.1) is 13.2 Å². The predicted molar refractivity (Wildman–Crippen MR) is 54.7 cm³/mol. The van der Waals surface area contributed by atoms with Gasteiger partial charge in [-0.3, -0.25) is 10.1 Å². The molecule has 0 amide bonds. The monoisotopic (exact) mass is 217 g/mol. The van der Waals surface area contributed by atoms with Crippen LogP contribution in [0.5, 0.6) is 0 Å². The first-order valence-corrected chi connectivity index (χ1v) is 5.24. The SMILES string of the molecule is COCC(NC1(CO)CCCC1)C(=O)O. The van der Waals surface area contributed by atoms with Crippen molar-refractivity contribution < 1.29 is 19.7 Å². The highest BCUT2D eigenvalue weighted by Crippen LogP contribution is 2.29. The van der Waals surface area contributed by atoms with E-state index in [0.29, 0.717) is 0 Å². The molecule has 1 rings (SSSR count). The van der Waals surface area contributed by atoms with Gasteiger partial charge in [-0.1, -0.05) is 12.8 Å². The van der Waals surface area contributed by atoms with Crippen LogP contribution < -0.4 is 5.32 Å². The molecule has 1 aliphatic rings. The third-order valence-electron chi connectivity index (χ3n) is 2.98. The summed E-state index contributed by atoms with van der Waals surface area (Å²) in [5.74, 6) is -0.934. The largest absolute Gasteiger partial charge is 0.480 e. The Morgan fingerprint density at radius 3 is 2.53 bits per heavy atom. The summed E-state index contributed by atoms with van der Waals surface area (Å²) in [6.45, 7) is 0.109. The summed E-state index contributed by atoms with van der Waals surface area (Å²) in [6, 6.07) is -0.736. The molecule has 0 aliphatic heterocycles. The molecule has 0 aromatic carbocycles. The van der Waals surface area contributed by atoms with Crippen LogP contribution in [0, 0.1) is 0 Å². The van der Waals surface area contributed by atoms with E-state index in [9.17, 15) is 9.90 Å². The molecule has 0 aromatic rings. The second kappa shape index (κ2) is 5.44. The van der Waals surface area contributed by atoms with Crippen LogP contribution in [0.1, 0.15) is 25.7 Å². The van der Waals surface area contributed by atoms with E-state index in [1.165, 1.54) is 7.11 Å². The van der Waals surface area contributed by atoms with Gasteiger partial charge in [-0.05, 0) is 12.8 Å². The van der Waals surface area contributed by atoms with E-state index in [-0.39, 0.29) is 13.2 Å². The molecule has 1 saturated carbocycles. The van der Waals surface area contributed by atoms with Crippen LogP contribution in [0.3, 0.4) is 0 Å². The van der Waals surface area contributed by atoms with E-state index in [1.807, 2.05) is 0 Å². The summed E-state index contributed by atoms with van der Waals surface area (Å²) in [5, 5.41) is 21.3. The minimum Gasteiger partial charge on any atom is -0.480 e. The average molecular weight is 217 g/mol. The van der Waals surface area contributed by atoms with E-state index >= 15 is 0 Å². The Labute approximate surface area is 89.4 Å². The summed E-state index contributed by atoms with van der Waals surface area (Å²) < 4.78 is 4.84. The molecule has 1 fully saturated rings. The fourth-order valence-electron chi connectivity index (χ4n) is 2.11. The summed E-state index contributed by atoms with van der Waals surface area (Å²) >= 11 is 0. The number of aliphatic hydroxyl groups excluding tert-OH is 1. The minimum absolute atomic E-state index is 0.0134. The summed E-state index contributed by atoms with van der Waals surface area (Å²) in [7, 11) is 1.47. The quantitative estimate of drug-likeness (QED) is 0.583. The number of aliphatic hydroxyl groups is 1. The number of carboxylic acids is 1. The Bertz CT molecular complexity index is 213. The van der Waals surface area contributed by atoms with Gasteiger partial charge in [-0.2, -0.15) is 0 Å². The van der Waals surface area contributed by atoms with Gasteiger partial charge in [-0.15, -0.1) is 0 Å². The molecule has 0 bridgehead atoms. The number of methoxy groups -OCH3 is 1. The molecule has 5 nitrogen and oxygen atoms in total. The molecule has 0 radical (unpaired) electrons. The molecular weight excluding hydrogens is 198 g/mol. The Morgan fingerprint density at radius 1 is 1.53 bits per heavy atom. The van der Waals surface area contributed by atoms with Crippen LogP contribution in [0.2, 0.25) is 0 Å². The summed E-state index contributed by atoms with van der Waals surface area (Å²) in [5.41, 5.74) is -0.415. The highest BCUT2D eigenvalue weighted by molar-refractivity contribution is 5.73. The second-order valence-electron chi connectivity index (χ2n) is 4.14. The first kappa shape index (κ1) is 12.4. The highest BCUT2D eigenvalue weighted by Gasteiger charge is 2.36. The van der Waals surface area contributed by atoms with Crippen molar-refractivity contribution in [1.29, 1.82) is 0 Å². The van der Waals surface area contributed by atoms with Crippen LogP contribution in [0.15, 0.2) is 0 Å². The molecule has 3 N–H and O–H groups in total. The van der Waals surface area contributed by atoms with E-state index < -0.39 is 17.6 Å². The molecule has 0 aromatic heterocycles. The smallest absolute Gasteiger partial charge is 0.323 e. The Hall–Kier alpha value is -0.650. The molecule has 1 atom stereocenters. The van der Waals surface area contributed by atoms with Gasteiger partial charge in [-0.25, -0.2) is 0 Å². The molecular formula is C10H19NO4. The van der Waals surface area contributed by atoms with Crippen molar-refractivity contribution in [2.45, 2.75) is 37.3 Å². The van der Waals surface area contributed by atoms with E-state index in [4.69, 9.17) is 9.84 Å². The van der Waals surface area contributed by atoms with Crippen LogP contribution in [-0.2, 0) is 9.53 Å². The van der Waals surface area contributed by atoms with E-state index in [2.05, 4.69) is 5.32 Å². The topological polar surface area (TPSA) is 78.8 Å². The van der Waals surface area contributed by atoms with Crippen LogP contribution in [0.4, 0.5) is 0 Å². The second-order valence-corrected chi connectivity index (χ2v) is 4.14. The standard InChI is InChI=1S/C10H19NO4/c1-15-6-8(9(13)14)11-10(7-12)4-2-3-5-10/h8,11-12H,2-7H2,1H3,(H,13,14). The van der Waals surface area contributed by atoms with Crippen molar-refractivity contribution in [2.75, 3.05) is 20.3 Å². The number of ether oxygens (including phenoxy) is 1. The Balaban J connectivity index is 2.58. The zero-order chi connectivity index (χ0) is 11.3. The third kappa shape index (κ3) is 3.15. The van der Waals surface area contributed by atoms with Crippen molar-refractivity contribution >= 4 is 5.97 Å². The van der Waals surface area contributed by atoms with Gasteiger partial charge in [0.2, 0.25) is 0 Å². The fraction of sp³-hybridized carbons (Fsp3) is 0.900. The van der Waals surface area contributed by atoms with Crippen LogP contribution in [0.25, 0.3) is 0 Å². The van der Waals surface area contributed by atoms with Gasteiger partial charge in [0.25, 0.3) is 0 Å². The Kier molecular flexibility index (Phi) is 4.50. The number of carboxylic acid groups (broad SMARTS) is 1. The highest BCUT2D eigenvalue weighted by atomic mass is 16.5. The summed E-state index contributed by atoms with van der Waals surface area (Å²) in [4.78, 5) is 10.9. The molecule has 0 spiro atoms. The zero-order valence-corrected chi connectivity index (χ0v) is 9.03. The van der Waals surface area contributed by atoms with Crippen molar-refractivity contribution in [3.63, 3.8) is 0 Å². The van der Waals surface area contributed by atoms with Crippen LogP contribution >= 0.6 is 0 Å². The third-order valence-corrected chi connectivity index (χ3v) is 2.98. The Morgan fingerprint density at radius 2 is 2.13 bits per heavy atom. The lowest BCUT2D eigenvalue weighted by Gasteiger charge is -2.31. The summed E-state index contributed by atoms with van der Waals surface area (Å²) in [6.07, 6.45) is 3.73. The minimum atomic E-state index is -0.934. The van der Waals surface area contributed by atoms with Gasteiger partial charge in [0.1, 0.15) is 6.04 Å². The lowest BCUT2D eigenvalue weighted by Crippen LogP contribution is -2.55. The first-order chi connectivity index (χ1) is 7.13. The van der Waals surface area contributed by atoms with Gasteiger partial charge in [0.15, 0.2) is 0 Å². The predicted octanol–water partition coefficient (Wildman–Crippen LogP) is -0.0193. The lowest BCUT2D eigenvalue weighted by molar-refractivity contribution is -0.141. The normalized spacial score (nSPS) is 21.5. The molecule has 1 aliphatic carbocycles. The van der Waals surface area contributed by atoms with Crippen molar-refractivity contribution in [1.82, 2.24) is 5.32 Å². The maximum Gasteiger partial charge on any atom is 0.323 e. The number of rotatable bonds is 6. The molecule has 5 heteroatoms. The zero-order valence-electron chi connectivity index (χ0n) is 9.03. The number of hydrogen-bond donors (Lipinski definition) is 3. The van der Waals surface area contributed by atoms with Gasteiger partial charge >= 0.3 is 5.97 Å². The van der Waals surface area contributed by atoms with Crippen LogP contribution in [-0.4, -0.2) is 48.1 Å². The van der Waals surface area contributed by atoms with Crippen molar-refractivity contribution in [3.05, 3.63) is 0 Å². The average Bonchev–Trinajstić information content (AvgIpc) is 2.66. The van der Waals surface area contributed by atoms with E-state index in [1.54, 1.807) is 0 Å². The van der Waals surface area contributed by atoms with Crippen molar-refractivity contribution in [2.24, 2.45) is 0 Å². The fourth-order valence-corrected chi connectivity index (χ4v) is 2.11. The molecule has 88 valence electrons. The maximum absolute atomic E-state index is 10.9. The van der Waals surface area contributed by atoms with Crippen molar-refractivity contribution in [3.8, 4) is 0 Å². The first-order valence-electron chi connectivity index (χ1n) is 5.24. The number of hydrogen-bond acceptors (Lipinski definition) is 4. The molecule has 0 saturated heterocycles. The number of carbonyl (C=O) groups is 1. The maximum atomic E-state index is 10.9. The molecule has 1 unspecified atom stereocenters. The number of aliphatic carboxylic acids is 1. The lowest BCUT2D eigenvalue weighted by atomic mass is 9.97. The van der Waals surface area contributed by atoms with Gasteiger partial charge in [0, 0.05) is 12.6 Å². The number of nitrogens with one attached hydrogen (secondary N) is 1. The molecule has 0 heterocycles. The van der Waals surface area contributed by atoms with Gasteiger partial charge < -0.3 is 14.9 Å². The van der Waals surface area contributed by atoms with E-state index in [0.717, 1.165) is 25.7 Å². The molecule has 15 heavy (non-hydrogen) atoms.